The Morgan fingerprint density at radius 3 is 2.83 bits per heavy atom. The number of ether oxygens (including phenoxy) is 1. The molecule has 23 heavy (non-hydrogen) atoms. The van der Waals surface area contributed by atoms with Crippen molar-refractivity contribution >= 4 is 22.7 Å². The standard InChI is InChI=1S/C17H23N3O3/c1-13(21)20(9-10-23-2)12-17(22)18-8-7-14-11-19-16-6-4-3-5-15(14)16/h3-6,11,19H,7-10,12H2,1-2H3,(H,18,22). The van der Waals surface area contributed by atoms with E-state index in [9.17, 15) is 9.59 Å². The molecule has 0 bridgehead atoms. The summed E-state index contributed by atoms with van der Waals surface area (Å²) in [6.07, 6.45) is 2.71. The molecular formula is C17H23N3O3. The summed E-state index contributed by atoms with van der Waals surface area (Å²) in [4.78, 5) is 28.1. The molecule has 0 fully saturated rings. The van der Waals surface area contributed by atoms with Gasteiger partial charge in [-0.2, -0.15) is 0 Å². The van der Waals surface area contributed by atoms with Crippen LogP contribution in [0.4, 0.5) is 0 Å². The molecule has 6 heteroatoms. The van der Waals surface area contributed by atoms with Gasteiger partial charge in [-0.05, 0) is 18.1 Å². The van der Waals surface area contributed by atoms with Gasteiger partial charge in [0.2, 0.25) is 11.8 Å². The minimum absolute atomic E-state index is 0.0621. The zero-order valence-corrected chi connectivity index (χ0v) is 13.6. The lowest BCUT2D eigenvalue weighted by Crippen LogP contribution is -2.41. The Hall–Kier alpha value is -2.34. The van der Waals surface area contributed by atoms with Crippen molar-refractivity contribution in [2.75, 3.05) is 33.4 Å². The van der Waals surface area contributed by atoms with Gasteiger partial charge in [-0.25, -0.2) is 0 Å². The second-order valence-electron chi connectivity index (χ2n) is 5.39. The molecule has 2 rings (SSSR count). The molecule has 0 aliphatic rings. The number of benzene rings is 1. The number of nitrogens with zero attached hydrogens (tertiary/aromatic N) is 1. The normalized spacial score (nSPS) is 10.7. The van der Waals surface area contributed by atoms with Crippen LogP contribution in [0.5, 0.6) is 0 Å². The number of rotatable bonds is 8. The average Bonchev–Trinajstić information content (AvgIpc) is 2.94. The number of hydrogen-bond acceptors (Lipinski definition) is 3. The van der Waals surface area contributed by atoms with Crippen molar-refractivity contribution in [3.05, 3.63) is 36.0 Å². The molecule has 0 aliphatic heterocycles. The Bertz CT molecular complexity index is 666. The lowest BCUT2D eigenvalue weighted by Gasteiger charge is -2.19. The fourth-order valence-electron chi connectivity index (χ4n) is 2.45. The van der Waals surface area contributed by atoms with Crippen LogP contribution in [0.1, 0.15) is 12.5 Å². The number of carbonyl (C=O) groups excluding carboxylic acids is 2. The molecule has 1 aromatic carbocycles. The van der Waals surface area contributed by atoms with Gasteiger partial charge < -0.3 is 19.9 Å². The Balaban J connectivity index is 1.81. The molecule has 0 saturated carbocycles. The van der Waals surface area contributed by atoms with Gasteiger partial charge in [-0.3, -0.25) is 9.59 Å². The van der Waals surface area contributed by atoms with Crippen LogP contribution in [0.3, 0.4) is 0 Å². The first-order valence-corrected chi connectivity index (χ1v) is 7.68. The Labute approximate surface area is 135 Å². The van der Waals surface area contributed by atoms with Crippen molar-refractivity contribution in [1.82, 2.24) is 15.2 Å². The van der Waals surface area contributed by atoms with E-state index in [-0.39, 0.29) is 18.4 Å². The highest BCUT2D eigenvalue weighted by molar-refractivity contribution is 5.84. The number of aromatic amines is 1. The van der Waals surface area contributed by atoms with E-state index in [4.69, 9.17) is 4.74 Å². The average molecular weight is 317 g/mol. The van der Waals surface area contributed by atoms with Crippen molar-refractivity contribution in [2.24, 2.45) is 0 Å². The Morgan fingerprint density at radius 1 is 1.30 bits per heavy atom. The molecular weight excluding hydrogens is 294 g/mol. The summed E-state index contributed by atoms with van der Waals surface area (Å²) in [6, 6.07) is 8.07. The summed E-state index contributed by atoms with van der Waals surface area (Å²) in [5.41, 5.74) is 2.26. The third kappa shape index (κ3) is 4.82. The molecule has 2 aromatic rings. The molecule has 0 saturated heterocycles. The maximum absolute atomic E-state index is 12.0. The fraction of sp³-hybridized carbons (Fsp3) is 0.412. The summed E-state index contributed by atoms with van der Waals surface area (Å²) in [5, 5.41) is 4.03. The monoisotopic (exact) mass is 317 g/mol. The number of aromatic nitrogens is 1. The number of H-pyrrole nitrogens is 1. The van der Waals surface area contributed by atoms with Crippen LogP contribution in [0.2, 0.25) is 0 Å². The number of amides is 2. The first-order chi connectivity index (χ1) is 11.1. The fourth-order valence-corrected chi connectivity index (χ4v) is 2.45. The predicted octanol–water partition coefficient (Wildman–Crippen LogP) is 1.32. The topological polar surface area (TPSA) is 74.4 Å². The van der Waals surface area contributed by atoms with E-state index in [0.29, 0.717) is 19.7 Å². The van der Waals surface area contributed by atoms with E-state index in [2.05, 4.69) is 16.4 Å². The van der Waals surface area contributed by atoms with Gasteiger partial charge in [0, 0.05) is 44.2 Å². The van der Waals surface area contributed by atoms with E-state index in [1.54, 1.807) is 7.11 Å². The summed E-state index contributed by atoms with van der Waals surface area (Å²) < 4.78 is 4.95. The molecule has 2 amide bonds. The van der Waals surface area contributed by atoms with E-state index < -0.39 is 0 Å². The number of hydrogen-bond donors (Lipinski definition) is 2. The van der Waals surface area contributed by atoms with Crippen molar-refractivity contribution in [3.63, 3.8) is 0 Å². The molecule has 0 atom stereocenters. The first kappa shape index (κ1) is 17.0. The number of carbonyl (C=O) groups is 2. The zero-order valence-electron chi connectivity index (χ0n) is 13.6. The van der Waals surface area contributed by atoms with Gasteiger partial charge in [0.25, 0.3) is 0 Å². The van der Waals surface area contributed by atoms with Crippen molar-refractivity contribution in [1.29, 1.82) is 0 Å². The van der Waals surface area contributed by atoms with Gasteiger partial charge in [0.05, 0.1) is 13.2 Å². The van der Waals surface area contributed by atoms with E-state index in [1.165, 1.54) is 22.8 Å². The largest absolute Gasteiger partial charge is 0.383 e. The molecule has 1 heterocycles. The number of methoxy groups -OCH3 is 1. The minimum Gasteiger partial charge on any atom is -0.383 e. The lowest BCUT2D eigenvalue weighted by atomic mass is 10.1. The second-order valence-corrected chi connectivity index (χ2v) is 5.39. The van der Waals surface area contributed by atoms with Crippen LogP contribution in [0.25, 0.3) is 10.9 Å². The molecule has 6 nitrogen and oxygen atoms in total. The molecule has 0 radical (unpaired) electrons. The highest BCUT2D eigenvalue weighted by Crippen LogP contribution is 2.17. The van der Waals surface area contributed by atoms with Gasteiger partial charge in [0.15, 0.2) is 0 Å². The van der Waals surface area contributed by atoms with Crippen LogP contribution >= 0.6 is 0 Å². The zero-order chi connectivity index (χ0) is 16.7. The quantitative estimate of drug-likeness (QED) is 0.771. The van der Waals surface area contributed by atoms with Crippen LogP contribution in [-0.4, -0.2) is 55.0 Å². The second kappa shape index (κ2) is 8.33. The molecule has 124 valence electrons. The third-order valence-corrected chi connectivity index (χ3v) is 3.74. The number of nitrogens with one attached hydrogen (secondary N) is 2. The summed E-state index contributed by atoms with van der Waals surface area (Å²) in [7, 11) is 1.57. The van der Waals surface area contributed by atoms with Crippen molar-refractivity contribution < 1.29 is 14.3 Å². The van der Waals surface area contributed by atoms with Crippen LogP contribution in [0, 0.1) is 0 Å². The highest BCUT2D eigenvalue weighted by atomic mass is 16.5. The Kier molecular flexibility index (Phi) is 6.17. The third-order valence-electron chi connectivity index (χ3n) is 3.74. The van der Waals surface area contributed by atoms with Crippen molar-refractivity contribution in [2.45, 2.75) is 13.3 Å². The molecule has 0 spiro atoms. The van der Waals surface area contributed by atoms with Gasteiger partial charge in [-0.1, -0.05) is 18.2 Å². The van der Waals surface area contributed by atoms with Gasteiger partial charge in [-0.15, -0.1) is 0 Å². The van der Waals surface area contributed by atoms with Gasteiger partial charge in [0.1, 0.15) is 0 Å². The van der Waals surface area contributed by atoms with Crippen LogP contribution < -0.4 is 5.32 Å². The maximum atomic E-state index is 12.0. The Morgan fingerprint density at radius 2 is 2.09 bits per heavy atom. The highest BCUT2D eigenvalue weighted by Gasteiger charge is 2.13. The first-order valence-electron chi connectivity index (χ1n) is 7.68. The number of para-hydroxylation sites is 1. The molecule has 0 unspecified atom stereocenters. The summed E-state index contributed by atoms with van der Waals surface area (Å²) in [5.74, 6) is -0.287. The van der Waals surface area contributed by atoms with Crippen LogP contribution in [0.15, 0.2) is 30.5 Å². The van der Waals surface area contributed by atoms with E-state index in [1.807, 2.05) is 24.4 Å². The van der Waals surface area contributed by atoms with Crippen molar-refractivity contribution in [3.8, 4) is 0 Å². The number of fused-ring (bicyclic) bond motifs is 1. The van der Waals surface area contributed by atoms with Gasteiger partial charge >= 0.3 is 0 Å². The molecule has 2 N–H and O–H groups in total. The predicted molar refractivity (Wildman–Crippen MR) is 89.1 cm³/mol. The molecule has 0 aliphatic carbocycles. The summed E-state index contributed by atoms with van der Waals surface area (Å²) in [6.45, 7) is 2.89. The maximum Gasteiger partial charge on any atom is 0.239 e. The SMILES string of the molecule is COCCN(CC(=O)NCCc1c[nH]c2ccccc12)C(C)=O. The lowest BCUT2D eigenvalue weighted by molar-refractivity contribution is -0.134. The summed E-state index contributed by atoms with van der Waals surface area (Å²) >= 11 is 0. The molecule has 1 aromatic heterocycles. The minimum atomic E-state index is -0.156. The van der Waals surface area contributed by atoms with Crippen LogP contribution in [-0.2, 0) is 20.7 Å². The van der Waals surface area contributed by atoms with E-state index in [0.717, 1.165) is 11.9 Å². The smallest absolute Gasteiger partial charge is 0.239 e. The van der Waals surface area contributed by atoms with E-state index >= 15 is 0 Å².